The first-order valence-corrected chi connectivity index (χ1v) is 13.0. The summed E-state index contributed by atoms with van der Waals surface area (Å²) in [6, 6.07) is 9.34. The van der Waals surface area contributed by atoms with Crippen LogP contribution < -0.4 is 9.80 Å². The molecule has 0 spiro atoms. The van der Waals surface area contributed by atoms with Gasteiger partial charge in [0.15, 0.2) is 5.78 Å². The lowest BCUT2D eigenvalue weighted by Gasteiger charge is -2.29. The van der Waals surface area contributed by atoms with Gasteiger partial charge in [0.1, 0.15) is 11.6 Å². The number of hydrogen-bond acceptors (Lipinski definition) is 3. The van der Waals surface area contributed by atoms with Gasteiger partial charge in [-0.05, 0) is 85.8 Å². The molecule has 2 aromatic carbocycles. The number of allylic oxidation sites excluding steroid dienone is 2. The number of ketones is 1. The molecule has 4 unspecified atom stereocenters. The van der Waals surface area contributed by atoms with Gasteiger partial charge < -0.3 is 9.80 Å². The van der Waals surface area contributed by atoms with Crippen LogP contribution in [0.2, 0.25) is 0 Å². The number of hydrogen-bond donors (Lipinski definition) is 0. The maximum atomic E-state index is 15.5. The van der Waals surface area contributed by atoms with Crippen molar-refractivity contribution in [1.29, 1.82) is 0 Å². The van der Waals surface area contributed by atoms with Crippen molar-refractivity contribution in [3.8, 4) is 0 Å². The molecule has 2 aliphatic carbocycles. The van der Waals surface area contributed by atoms with Crippen molar-refractivity contribution in [3.05, 3.63) is 83.5 Å². The molecule has 5 heteroatoms. The molecule has 3 nitrogen and oxygen atoms in total. The SMILES string of the molecule is O=C(CCCc1c(N2CC3C=CCC3C2)ccc(F)c1N1CC2C=CCC2C1)c1ccc(F)cc1. The van der Waals surface area contributed by atoms with E-state index in [-0.39, 0.29) is 17.4 Å². The van der Waals surface area contributed by atoms with Gasteiger partial charge >= 0.3 is 0 Å². The van der Waals surface area contributed by atoms with Crippen molar-refractivity contribution in [2.45, 2.75) is 32.1 Å². The summed E-state index contributed by atoms with van der Waals surface area (Å²) in [5.41, 5.74) is 3.45. The highest BCUT2D eigenvalue weighted by Gasteiger charge is 2.38. The van der Waals surface area contributed by atoms with Gasteiger partial charge in [0.25, 0.3) is 0 Å². The van der Waals surface area contributed by atoms with Crippen molar-refractivity contribution >= 4 is 17.2 Å². The minimum atomic E-state index is -0.342. The maximum Gasteiger partial charge on any atom is 0.162 e. The molecule has 35 heavy (non-hydrogen) atoms. The fourth-order valence-corrected chi connectivity index (χ4v) is 6.65. The zero-order valence-corrected chi connectivity index (χ0v) is 20.0. The second kappa shape index (κ2) is 9.25. The molecule has 0 amide bonds. The van der Waals surface area contributed by atoms with Crippen LogP contribution >= 0.6 is 0 Å². The van der Waals surface area contributed by atoms with E-state index in [4.69, 9.17) is 0 Å². The Hall–Kier alpha value is -2.95. The van der Waals surface area contributed by atoms with Gasteiger partial charge in [-0.25, -0.2) is 8.78 Å². The Bertz CT molecular complexity index is 1170. The van der Waals surface area contributed by atoms with Crippen LogP contribution in [0.25, 0.3) is 0 Å². The normalized spacial score (nSPS) is 26.6. The first kappa shape index (κ1) is 22.5. The molecule has 182 valence electrons. The number of fused-ring (bicyclic) bond motifs is 2. The highest BCUT2D eigenvalue weighted by atomic mass is 19.1. The second-order valence-corrected chi connectivity index (χ2v) is 10.7. The summed E-state index contributed by atoms with van der Waals surface area (Å²) < 4.78 is 28.7. The van der Waals surface area contributed by atoms with Crippen LogP contribution in [0, 0.1) is 35.3 Å². The molecule has 0 radical (unpaired) electrons. The highest BCUT2D eigenvalue weighted by Crippen LogP contribution is 2.43. The average Bonchev–Trinajstić information content (AvgIpc) is 3.61. The summed E-state index contributed by atoms with van der Waals surface area (Å²) in [5, 5.41) is 0. The van der Waals surface area contributed by atoms with Crippen LogP contribution in [0.1, 0.15) is 41.6 Å². The third-order valence-electron chi connectivity index (χ3n) is 8.49. The number of benzene rings is 2. The number of halogens is 2. The van der Waals surface area contributed by atoms with Crippen molar-refractivity contribution in [2.75, 3.05) is 36.0 Å². The molecule has 2 aromatic rings. The summed E-state index contributed by atoms with van der Waals surface area (Å²) in [5.74, 6) is 1.80. The summed E-state index contributed by atoms with van der Waals surface area (Å²) >= 11 is 0. The van der Waals surface area contributed by atoms with Crippen LogP contribution in [0.3, 0.4) is 0 Å². The van der Waals surface area contributed by atoms with Gasteiger partial charge in [-0.1, -0.05) is 24.3 Å². The van der Waals surface area contributed by atoms with Crippen molar-refractivity contribution in [2.24, 2.45) is 23.7 Å². The maximum absolute atomic E-state index is 15.5. The van der Waals surface area contributed by atoms with E-state index in [2.05, 4.69) is 34.1 Å². The van der Waals surface area contributed by atoms with Crippen LogP contribution in [0.15, 0.2) is 60.7 Å². The van der Waals surface area contributed by atoms with E-state index in [0.717, 1.165) is 56.0 Å². The fourth-order valence-electron chi connectivity index (χ4n) is 6.65. The molecule has 2 saturated heterocycles. The van der Waals surface area contributed by atoms with Crippen LogP contribution in [0.5, 0.6) is 0 Å². The van der Waals surface area contributed by atoms with E-state index in [1.54, 1.807) is 18.2 Å². The monoisotopic (exact) mass is 474 g/mol. The Kier molecular flexibility index (Phi) is 5.95. The van der Waals surface area contributed by atoms with Crippen molar-refractivity contribution < 1.29 is 13.6 Å². The molecule has 2 heterocycles. The van der Waals surface area contributed by atoms with E-state index >= 15 is 4.39 Å². The molecule has 4 atom stereocenters. The van der Waals surface area contributed by atoms with Crippen LogP contribution in [-0.4, -0.2) is 32.0 Å². The number of carbonyl (C=O) groups excluding carboxylic acids is 1. The fraction of sp³-hybridized carbons (Fsp3) is 0.433. The third-order valence-corrected chi connectivity index (χ3v) is 8.49. The van der Waals surface area contributed by atoms with Gasteiger partial charge in [0, 0.05) is 49.4 Å². The first-order chi connectivity index (χ1) is 17.1. The summed E-state index contributed by atoms with van der Waals surface area (Å²) in [7, 11) is 0. The Morgan fingerprint density at radius 3 is 2.17 bits per heavy atom. The molecule has 4 aliphatic rings. The van der Waals surface area contributed by atoms with Gasteiger partial charge in [-0.3, -0.25) is 4.79 Å². The Morgan fingerprint density at radius 2 is 1.49 bits per heavy atom. The molecule has 2 fully saturated rings. The topological polar surface area (TPSA) is 23.6 Å². The standard InChI is InChI=1S/C30H32F2N2O/c31-25-12-10-20(11-13-25)29(35)9-3-8-26-28(33-16-21-4-1-5-22(21)17-33)15-14-27(32)30(26)34-18-23-6-2-7-24(23)19-34/h1-2,4,6,10-15,21-24H,3,5,7-9,16-19H2. The summed E-state index contributed by atoms with van der Waals surface area (Å²) in [6.07, 6.45) is 13.0. The number of nitrogens with zero attached hydrogens (tertiary/aromatic N) is 2. The van der Waals surface area contributed by atoms with E-state index in [0.29, 0.717) is 48.5 Å². The molecule has 6 rings (SSSR count). The van der Waals surface area contributed by atoms with E-state index in [1.165, 1.54) is 12.1 Å². The average molecular weight is 475 g/mol. The van der Waals surface area contributed by atoms with E-state index in [9.17, 15) is 9.18 Å². The van der Waals surface area contributed by atoms with Crippen molar-refractivity contribution in [1.82, 2.24) is 0 Å². The predicted octanol–water partition coefficient (Wildman–Crippen LogP) is 6.20. The Balaban J connectivity index is 1.27. The minimum absolute atomic E-state index is 0.00573. The Morgan fingerprint density at radius 1 is 0.829 bits per heavy atom. The van der Waals surface area contributed by atoms with Crippen LogP contribution in [-0.2, 0) is 6.42 Å². The second-order valence-electron chi connectivity index (χ2n) is 10.7. The van der Waals surface area contributed by atoms with Crippen LogP contribution in [0.4, 0.5) is 20.2 Å². The highest BCUT2D eigenvalue weighted by molar-refractivity contribution is 5.96. The molecule has 0 aromatic heterocycles. The summed E-state index contributed by atoms with van der Waals surface area (Å²) in [4.78, 5) is 17.4. The molecule has 0 saturated carbocycles. The number of carbonyl (C=O) groups is 1. The van der Waals surface area contributed by atoms with Gasteiger partial charge in [-0.2, -0.15) is 0 Å². The lowest BCUT2D eigenvalue weighted by atomic mass is 9.98. The van der Waals surface area contributed by atoms with Gasteiger partial charge in [0.05, 0.1) is 5.69 Å². The largest absolute Gasteiger partial charge is 0.370 e. The lowest BCUT2D eigenvalue weighted by Crippen LogP contribution is -2.27. The molecular formula is C30H32F2N2O. The van der Waals surface area contributed by atoms with Gasteiger partial charge in [-0.15, -0.1) is 0 Å². The number of rotatable bonds is 7. The van der Waals surface area contributed by atoms with E-state index in [1.807, 2.05) is 6.07 Å². The lowest BCUT2D eigenvalue weighted by molar-refractivity contribution is 0.0980. The smallest absolute Gasteiger partial charge is 0.162 e. The number of Topliss-reactive ketones (excluding diaryl/α,β-unsaturated/α-hetero) is 1. The van der Waals surface area contributed by atoms with Gasteiger partial charge in [0.2, 0.25) is 0 Å². The first-order valence-electron chi connectivity index (χ1n) is 13.0. The Labute approximate surface area is 206 Å². The minimum Gasteiger partial charge on any atom is -0.370 e. The zero-order chi connectivity index (χ0) is 23.9. The third kappa shape index (κ3) is 4.30. The molecule has 0 N–H and O–H groups in total. The predicted molar refractivity (Wildman–Crippen MR) is 136 cm³/mol. The molecule has 0 bridgehead atoms. The summed E-state index contributed by atoms with van der Waals surface area (Å²) in [6.45, 7) is 3.71. The molecular weight excluding hydrogens is 442 g/mol. The van der Waals surface area contributed by atoms with Crippen molar-refractivity contribution in [3.63, 3.8) is 0 Å². The molecule has 2 aliphatic heterocycles. The number of anilines is 2. The van der Waals surface area contributed by atoms with E-state index < -0.39 is 0 Å². The zero-order valence-electron chi connectivity index (χ0n) is 20.0. The quantitative estimate of drug-likeness (QED) is 0.353.